The van der Waals surface area contributed by atoms with Crippen molar-refractivity contribution in [2.24, 2.45) is 0 Å². The lowest BCUT2D eigenvalue weighted by molar-refractivity contribution is -0.777. The lowest BCUT2D eigenvalue weighted by Gasteiger charge is -2.35. The molecule has 1 aromatic heterocycles. The van der Waals surface area contributed by atoms with Crippen molar-refractivity contribution >= 4 is 5.97 Å². The minimum atomic E-state index is -2.24. The second-order valence-electron chi connectivity index (χ2n) is 6.19. The predicted octanol–water partition coefficient (Wildman–Crippen LogP) is -1.19. The van der Waals surface area contributed by atoms with Crippen LogP contribution in [0.25, 0.3) is 0 Å². The van der Waals surface area contributed by atoms with Crippen LogP contribution in [0.5, 0.6) is 0 Å². The average molecular weight is 342 g/mol. The highest BCUT2D eigenvalue weighted by atomic mass is 16.6. The molecule has 0 spiro atoms. The number of carboxylic acids is 1. The van der Waals surface area contributed by atoms with E-state index in [-0.39, 0.29) is 6.04 Å². The van der Waals surface area contributed by atoms with E-state index >= 15 is 0 Å². The number of hydrogen-bond donors (Lipinski definition) is 4. The topological polar surface area (TPSA) is 114 Å². The predicted molar refractivity (Wildman–Crippen MR) is 80.8 cm³/mol. The van der Waals surface area contributed by atoms with Crippen LogP contribution in [0.15, 0.2) is 24.5 Å². The van der Waals surface area contributed by atoms with Crippen molar-refractivity contribution in [2.75, 3.05) is 13.5 Å². The third-order valence-electron chi connectivity index (χ3n) is 4.61. The first kappa shape index (κ1) is 13.7. The van der Waals surface area contributed by atoms with Crippen LogP contribution in [0, 0.1) is 0 Å². The van der Waals surface area contributed by atoms with Gasteiger partial charge in [0.1, 0.15) is 12.2 Å². The molecule has 2 aliphatic rings. The summed E-state index contributed by atoms with van der Waals surface area (Å²) < 4.78 is 29.7. The summed E-state index contributed by atoms with van der Waals surface area (Å²) in [6, 6.07) is 3.03. The van der Waals surface area contributed by atoms with Gasteiger partial charge in [-0.15, -0.1) is 0 Å². The number of ether oxygens (including phenoxy) is 1. The molecule has 6 unspecified atom stereocenters. The van der Waals surface area contributed by atoms with Gasteiger partial charge in [0.25, 0.3) is 6.23 Å². The van der Waals surface area contributed by atoms with Crippen LogP contribution in [0.3, 0.4) is 0 Å². The second kappa shape index (κ2) is 6.73. The fourth-order valence-electron chi connectivity index (χ4n) is 3.29. The van der Waals surface area contributed by atoms with Gasteiger partial charge in [-0.25, -0.2) is 4.79 Å². The molecule has 24 heavy (non-hydrogen) atoms. The number of carboxylic acid groups (broad SMARTS) is 1. The van der Waals surface area contributed by atoms with Crippen LogP contribution in [0.4, 0.5) is 0 Å². The zero-order valence-electron chi connectivity index (χ0n) is 15.9. The third kappa shape index (κ3) is 3.03. The molecule has 1 aromatic rings. The number of carbonyl (C=O) groups is 1. The molecule has 0 aliphatic carbocycles. The summed E-state index contributed by atoms with van der Waals surface area (Å²) in [5.41, 5.74) is 0.675. The van der Waals surface area contributed by atoms with Crippen molar-refractivity contribution < 1.29 is 38.6 Å². The average Bonchev–Trinajstić information content (AvgIpc) is 3.10. The Labute approximate surface area is 143 Å². The van der Waals surface area contributed by atoms with E-state index < -0.39 is 43.6 Å². The van der Waals surface area contributed by atoms with Crippen LogP contribution in [0.1, 0.15) is 34.8 Å². The minimum absolute atomic E-state index is 0.350. The summed E-state index contributed by atoms with van der Waals surface area (Å²) in [4.78, 5) is 12.7. The summed E-state index contributed by atoms with van der Waals surface area (Å²) in [5.74, 6) is -1.46. The number of likely N-dealkylation sites (tertiary alicyclic amines) is 1. The fraction of sp³-hybridized carbons (Fsp3) is 0.625. The lowest BCUT2D eigenvalue weighted by atomic mass is 9.97. The largest absolute Gasteiger partial charge is 0.479 e. The first-order chi connectivity index (χ1) is 12.6. The van der Waals surface area contributed by atoms with Gasteiger partial charge in [-0.1, -0.05) is 0 Å². The standard InChI is InChI=1S/C16H22N2O6/c1-17-6-3-5-10(17)9-4-2-7-18(8-9)15-13(21)11(19)12(20)14(24-15)16(22)23/h2,4,7-8,10-15,19-21H,3,5-6H2,1H3/p+1/i1D3. The molecule has 132 valence electrons. The zero-order valence-corrected chi connectivity index (χ0v) is 12.9. The normalized spacial score (nSPS) is 39.9. The van der Waals surface area contributed by atoms with Crippen molar-refractivity contribution in [1.82, 2.24) is 4.90 Å². The van der Waals surface area contributed by atoms with E-state index in [0.717, 1.165) is 6.42 Å². The Morgan fingerprint density at radius 1 is 1.38 bits per heavy atom. The van der Waals surface area contributed by atoms with Gasteiger partial charge in [0, 0.05) is 21.8 Å². The van der Waals surface area contributed by atoms with Crippen molar-refractivity contribution in [3.05, 3.63) is 30.1 Å². The maximum absolute atomic E-state index is 11.3. The maximum Gasteiger partial charge on any atom is 0.335 e. The van der Waals surface area contributed by atoms with Crippen molar-refractivity contribution in [1.29, 1.82) is 0 Å². The SMILES string of the molecule is [2H]C([2H])([2H])N1CCCC1c1ccc[n+](C2OC(C(=O)O)C(O)C(O)C2O)c1. The van der Waals surface area contributed by atoms with Crippen LogP contribution in [0.2, 0.25) is 0 Å². The van der Waals surface area contributed by atoms with E-state index in [1.165, 1.54) is 15.7 Å². The van der Waals surface area contributed by atoms with Crippen molar-refractivity contribution in [2.45, 2.75) is 49.5 Å². The van der Waals surface area contributed by atoms with E-state index in [9.17, 15) is 25.2 Å². The number of aliphatic hydroxyl groups is 3. The van der Waals surface area contributed by atoms with Gasteiger partial charge in [-0.3, -0.25) is 4.90 Å². The van der Waals surface area contributed by atoms with Gasteiger partial charge in [-0.2, -0.15) is 4.57 Å². The van der Waals surface area contributed by atoms with Crippen LogP contribution in [-0.4, -0.2) is 69.2 Å². The molecule has 2 fully saturated rings. The molecule has 0 amide bonds. The molecule has 2 saturated heterocycles. The monoisotopic (exact) mass is 342 g/mol. The molecule has 0 bridgehead atoms. The van der Waals surface area contributed by atoms with E-state index in [2.05, 4.69) is 0 Å². The number of nitrogens with zero attached hydrogens (tertiary/aromatic N) is 2. The highest BCUT2D eigenvalue weighted by Gasteiger charge is 2.51. The molecule has 4 N–H and O–H groups in total. The quantitative estimate of drug-likeness (QED) is 0.511. The third-order valence-corrected chi connectivity index (χ3v) is 4.61. The molecule has 0 radical (unpaired) electrons. The Hall–Kier alpha value is -1.58. The first-order valence-corrected chi connectivity index (χ1v) is 7.81. The van der Waals surface area contributed by atoms with Crippen molar-refractivity contribution in [3.8, 4) is 0 Å². The molecule has 0 saturated carbocycles. The van der Waals surface area contributed by atoms with Crippen LogP contribution < -0.4 is 4.57 Å². The van der Waals surface area contributed by atoms with E-state index in [1.807, 2.05) is 0 Å². The number of aliphatic hydroxyl groups excluding tert-OH is 3. The smallest absolute Gasteiger partial charge is 0.335 e. The number of aliphatic carboxylic acids is 1. The molecular formula is C16H23N2O6+. The van der Waals surface area contributed by atoms with Gasteiger partial charge >= 0.3 is 5.97 Å². The van der Waals surface area contributed by atoms with E-state index in [1.54, 1.807) is 18.3 Å². The summed E-state index contributed by atoms with van der Waals surface area (Å²) in [5, 5.41) is 39.2. The van der Waals surface area contributed by atoms with Crippen molar-refractivity contribution in [3.63, 3.8) is 0 Å². The second-order valence-corrected chi connectivity index (χ2v) is 6.19. The Bertz CT molecular complexity index is 703. The number of pyridine rings is 1. The molecule has 8 nitrogen and oxygen atoms in total. The molecule has 8 heteroatoms. The molecular weight excluding hydrogens is 316 g/mol. The highest BCUT2D eigenvalue weighted by molar-refractivity contribution is 5.73. The van der Waals surface area contributed by atoms with E-state index in [4.69, 9.17) is 8.85 Å². The Morgan fingerprint density at radius 2 is 2.17 bits per heavy atom. The summed E-state index contributed by atoms with van der Waals surface area (Å²) in [6.07, 6.45) is -3.49. The van der Waals surface area contributed by atoms with Gasteiger partial charge in [0.15, 0.2) is 24.6 Å². The van der Waals surface area contributed by atoms with Gasteiger partial charge in [-0.05, 0) is 32.4 Å². The molecule has 6 atom stereocenters. The summed E-state index contributed by atoms with van der Waals surface area (Å²) >= 11 is 0. The summed E-state index contributed by atoms with van der Waals surface area (Å²) in [6.45, 7) is -1.80. The fourth-order valence-corrected chi connectivity index (χ4v) is 3.29. The Kier molecular flexibility index (Phi) is 3.84. The Balaban J connectivity index is 1.90. The lowest BCUT2D eigenvalue weighted by Crippen LogP contribution is -2.63. The Morgan fingerprint density at radius 3 is 2.88 bits per heavy atom. The molecule has 0 aromatic carbocycles. The van der Waals surface area contributed by atoms with Gasteiger partial charge in [0.2, 0.25) is 0 Å². The molecule has 3 heterocycles. The maximum atomic E-state index is 11.3. The number of hydrogen-bond acceptors (Lipinski definition) is 6. The molecule has 2 aliphatic heterocycles. The first-order valence-electron chi connectivity index (χ1n) is 9.31. The minimum Gasteiger partial charge on any atom is -0.479 e. The van der Waals surface area contributed by atoms with Gasteiger partial charge < -0.3 is 25.2 Å². The van der Waals surface area contributed by atoms with Gasteiger partial charge in [0.05, 0.1) is 0 Å². The van der Waals surface area contributed by atoms with Crippen LogP contribution in [-0.2, 0) is 9.53 Å². The van der Waals surface area contributed by atoms with E-state index in [0.29, 0.717) is 18.5 Å². The highest BCUT2D eigenvalue weighted by Crippen LogP contribution is 2.30. The number of aromatic nitrogens is 1. The molecule has 3 rings (SSSR count). The summed E-state index contributed by atoms with van der Waals surface area (Å²) in [7, 11) is 0. The van der Waals surface area contributed by atoms with Crippen LogP contribution >= 0.6 is 0 Å². The number of rotatable bonds is 3. The zero-order chi connectivity index (χ0) is 19.9.